The van der Waals surface area contributed by atoms with Crippen molar-refractivity contribution in [1.82, 2.24) is 10.6 Å². The highest BCUT2D eigenvalue weighted by Crippen LogP contribution is 2.18. The van der Waals surface area contributed by atoms with Crippen LogP contribution in [-0.4, -0.2) is 41.4 Å². The van der Waals surface area contributed by atoms with Gasteiger partial charge in [0, 0.05) is 19.9 Å². The standard InChI is InChI=1S/C36H48N2O6/c1-3-4-5-6-7-8-9-10-11-12-13-14-15-16-17-18-19-20-21-28-34(40)38-32(36(42)43)26-24-29-37-35(41)31-25-22-23-27-33(31)44-30(2)39/h4-5,7-8,10-11,13-14,16-17,19-20,22-23,25,27,32H,3,6,9,12,15,18,21,24,26,28-29H2,1-2H3,(H,37,41)(H,38,40)(H,42,43)/b5-4-,8-7-,11-10-,14-13-,17-16-,20-19-. The van der Waals surface area contributed by atoms with Gasteiger partial charge in [-0.05, 0) is 69.9 Å². The van der Waals surface area contributed by atoms with Gasteiger partial charge in [-0.15, -0.1) is 0 Å². The predicted octanol–water partition coefficient (Wildman–Crippen LogP) is 7.17. The molecule has 1 aromatic rings. The van der Waals surface area contributed by atoms with E-state index in [1.165, 1.54) is 19.1 Å². The summed E-state index contributed by atoms with van der Waals surface area (Å²) in [6.07, 6.45) is 32.2. The van der Waals surface area contributed by atoms with E-state index in [2.05, 4.69) is 78.3 Å². The highest BCUT2D eigenvalue weighted by atomic mass is 16.5. The molecule has 8 nitrogen and oxygen atoms in total. The van der Waals surface area contributed by atoms with Crippen LogP contribution in [0.5, 0.6) is 5.75 Å². The van der Waals surface area contributed by atoms with Crippen molar-refractivity contribution in [2.75, 3.05) is 6.54 Å². The predicted molar refractivity (Wildman–Crippen MR) is 176 cm³/mol. The minimum Gasteiger partial charge on any atom is -0.480 e. The fourth-order valence-electron chi connectivity index (χ4n) is 3.88. The normalized spacial score (nSPS) is 12.7. The number of aliphatic carboxylic acids is 1. The summed E-state index contributed by atoms with van der Waals surface area (Å²) in [6.45, 7) is 3.58. The van der Waals surface area contributed by atoms with Crippen LogP contribution in [-0.2, 0) is 14.4 Å². The third kappa shape index (κ3) is 19.6. The number of allylic oxidation sites excluding steroid dienone is 12. The van der Waals surface area contributed by atoms with E-state index in [-0.39, 0.29) is 36.6 Å². The molecule has 3 N–H and O–H groups in total. The molecule has 1 unspecified atom stereocenters. The molecule has 0 spiro atoms. The average Bonchev–Trinajstić information content (AvgIpc) is 2.99. The van der Waals surface area contributed by atoms with Gasteiger partial charge in [0.1, 0.15) is 11.8 Å². The van der Waals surface area contributed by atoms with E-state index in [0.717, 1.165) is 38.5 Å². The van der Waals surface area contributed by atoms with E-state index >= 15 is 0 Å². The van der Waals surface area contributed by atoms with E-state index in [1.54, 1.807) is 12.1 Å². The number of carboxylic acid groups (broad SMARTS) is 1. The smallest absolute Gasteiger partial charge is 0.326 e. The van der Waals surface area contributed by atoms with Gasteiger partial charge in [-0.3, -0.25) is 14.4 Å². The molecule has 44 heavy (non-hydrogen) atoms. The maximum Gasteiger partial charge on any atom is 0.326 e. The number of rotatable bonds is 22. The number of para-hydroxylation sites is 1. The van der Waals surface area contributed by atoms with Crippen LogP contribution < -0.4 is 15.4 Å². The Kier molecular flexibility index (Phi) is 21.4. The minimum absolute atomic E-state index is 0.153. The lowest BCUT2D eigenvalue weighted by atomic mass is 10.1. The van der Waals surface area contributed by atoms with Crippen molar-refractivity contribution < 1.29 is 29.0 Å². The molecular formula is C36H48N2O6. The van der Waals surface area contributed by atoms with Crippen LogP contribution in [0.1, 0.15) is 88.4 Å². The highest BCUT2D eigenvalue weighted by Gasteiger charge is 2.19. The van der Waals surface area contributed by atoms with E-state index in [9.17, 15) is 24.3 Å². The second-order valence-electron chi connectivity index (χ2n) is 9.90. The first-order valence-electron chi connectivity index (χ1n) is 15.3. The Bertz CT molecular complexity index is 1190. The zero-order chi connectivity index (χ0) is 32.3. The van der Waals surface area contributed by atoms with Gasteiger partial charge in [-0.2, -0.15) is 0 Å². The molecule has 0 aromatic heterocycles. The van der Waals surface area contributed by atoms with Gasteiger partial charge in [-0.25, -0.2) is 4.79 Å². The largest absolute Gasteiger partial charge is 0.480 e. The zero-order valence-corrected chi connectivity index (χ0v) is 26.1. The van der Waals surface area contributed by atoms with E-state index in [1.807, 2.05) is 12.2 Å². The number of carbonyl (C=O) groups is 4. The number of amides is 2. The molecule has 8 heteroatoms. The Morgan fingerprint density at radius 2 is 1.32 bits per heavy atom. The first-order chi connectivity index (χ1) is 21.3. The lowest BCUT2D eigenvalue weighted by Gasteiger charge is -2.15. The van der Waals surface area contributed by atoms with E-state index in [0.29, 0.717) is 12.8 Å². The highest BCUT2D eigenvalue weighted by molar-refractivity contribution is 5.97. The van der Waals surface area contributed by atoms with E-state index in [4.69, 9.17) is 4.74 Å². The molecule has 0 aliphatic heterocycles. The summed E-state index contributed by atoms with van der Waals surface area (Å²) in [6, 6.07) is 5.31. The Balaban J connectivity index is 2.21. The third-order valence-electron chi connectivity index (χ3n) is 6.11. The summed E-state index contributed by atoms with van der Waals surface area (Å²) in [5.74, 6) is -2.28. The maximum absolute atomic E-state index is 12.4. The lowest BCUT2D eigenvalue weighted by molar-refractivity contribution is -0.142. The number of esters is 1. The number of ether oxygens (including phenoxy) is 1. The molecule has 238 valence electrons. The van der Waals surface area contributed by atoms with Gasteiger partial charge in [0.05, 0.1) is 5.56 Å². The van der Waals surface area contributed by atoms with Crippen molar-refractivity contribution in [3.63, 3.8) is 0 Å². The molecule has 0 saturated heterocycles. The van der Waals surface area contributed by atoms with Gasteiger partial charge in [0.15, 0.2) is 0 Å². The Hall–Kier alpha value is -4.46. The van der Waals surface area contributed by atoms with Gasteiger partial charge in [-0.1, -0.05) is 92.0 Å². The third-order valence-corrected chi connectivity index (χ3v) is 6.11. The number of carbonyl (C=O) groups excluding carboxylic acids is 3. The van der Waals surface area contributed by atoms with Crippen LogP contribution in [0.4, 0.5) is 0 Å². The fraction of sp³-hybridized carbons (Fsp3) is 0.389. The van der Waals surface area contributed by atoms with Crippen molar-refractivity contribution in [1.29, 1.82) is 0 Å². The van der Waals surface area contributed by atoms with Gasteiger partial charge >= 0.3 is 11.9 Å². The molecule has 0 aliphatic rings. The van der Waals surface area contributed by atoms with Gasteiger partial charge in [0.2, 0.25) is 5.91 Å². The maximum atomic E-state index is 12.4. The number of hydrogen-bond donors (Lipinski definition) is 3. The van der Waals surface area contributed by atoms with Crippen molar-refractivity contribution in [2.45, 2.75) is 84.1 Å². The molecular weight excluding hydrogens is 556 g/mol. The first kappa shape index (κ1) is 37.6. The number of carboxylic acids is 1. The monoisotopic (exact) mass is 604 g/mol. The summed E-state index contributed by atoms with van der Waals surface area (Å²) in [5.41, 5.74) is 0.209. The van der Waals surface area contributed by atoms with Crippen molar-refractivity contribution >= 4 is 23.8 Å². The van der Waals surface area contributed by atoms with Crippen LogP contribution in [0.3, 0.4) is 0 Å². The average molecular weight is 605 g/mol. The second-order valence-corrected chi connectivity index (χ2v) is 9.90. The lowest BCUT2D eigenvalue weighted by Crippen LogP contribution is -2.41. The molecule has 1 rings (SSSR count). The molecule has 0 radical (unpaired) electrons. The summed E-state index contributed by atoms with van der Waals surface area (Å²) < 4.78 is 5.05. The van der Waals surface area contributed by atoms with Crippen LogP contribution in [0, 0.1) is 0 Å². The van der Waals surface area contributed by atoms with Crippen molar-refractivity contribution in [2.24, 2.45) is 0 Å². The number of nitrogens with one attached hydrogen (secondary N) is 2. The quantitative estimate of drug-likeness (QED) is 0.0558. The SMILES string of the molecule is CC/C=C\C/C=C\C/C=C\C/C=C\C/C=C\C/C=C\CCC(=O)NC(CCCNC(=O)c1ccccc1OC(C)=O)C(=O)O. The summed E-state index contributed by atoms with van der Waals surface area (Å²) in [5, 5.41) is 14.7. The molecule has 1 atom stereocenters. The van der Waals surface area contributed by atoms with Crippen LogP contribution >= 0.6 is 0 Å². The Morgan fingerprint density at radius 3 is 1.84 bits per heavy atom. The zero-order valence-electron chi connectivity index (χ0n) is 26.1. The molecule has 0 saturated carbocycles. The molecule has 0 fully saturated rings. The molecule has 0 aliphatic carbocycles. The van der Waals surface area contributed by atoms with E-state index < -0.39 is 23.9 Å². The van der Waals surface area contributed by atoms with Crippen LogP contribution in [0.15, 0.2) is 97.2 Å². The van der Waals surface area contributed by atoms with Crippen LogP contribution in [0.2, 0.25) is 0 Å². The first-order valence-corrected chi connectivity index (χ1v) is 15.3. The minimum atomic E-state index is -1.13. The number of benzene rings is 1. The topological polar surface area (TPSA) is 122 Å². The van der Waals surface area contributed by atoms with Crippen molar-refractivity contribution in [3.05, 3.63) is 103 Å². The van der Waals surface area contributed by atoms with Crippen LogP contribution in [0.25, 0.3) is 0 Å². The number of hydrogen-bond acceptors (Lipinski definition) is 5. The fourth-order valence-corrected chi connectivity index (χ4v) is 3.88. The van der Waals surface area contributed by atoms with Gasteiger partial charge < -0.3 is 20.5 Å². The second kappa shape index (κ2) is 25.1. The molecule has 0 bridgehead atoms. The summed E-state index contributed by atoms with van der Waals surface area (Å²) in [7, 11) is 0. The molecule has 0 heterocycles. The van der Waals surface area contributed by atoms with Crippen molar-refractivity contribution in [3.8, 4) is 5.75 Å². The Morgan fingerprint density at radius 1 is 0.795 bits per heavy atom. The Labute approximate surface area is 262 Å². The summed E-state index contributed by atoms with van der Waals surface area (Å²) >= 11 is 0. The molecule has 1 aromatic carbocycles. The molecule has 2 amide bonds. The summed E-state index contributed by atoms with van der Waals surface area (Å²) in [4.78, 5) is 47.5. The van der Waals surface area contributed by atoms with Gasteiger partial charge in [0.25, 0.3) is 5.91 Å².